The molecule has 4 rings (SSSR count). The Morgan fingerprint density at radius 2 is 1.79 bits per heavy atom. The molecular weight excluding hydrogens is 321 g/mol. The first kappa shape index (κ1) is 14.9. The molecule has 0 N–H and O–H groups in total. The molecule has 5 heteroatoms. The number of benzene rings is 2. The molecule has 0 saturated heterocycles. The fraction of sp³-hybridized carbons (Fsp3) is 0.0526. The molecule has 0 amide bonds. The van der Waals surface area contributed by atoms with Gasteiger partial charge < -0.3 is 0 Å². The third kappa shape index (κ3) is 3.03. The predicted octanol–water partition coefficient (Wildman–Crippen LogP) is 4.83. The zero-order valence-corrected chi connectivity index (χ0v) is 13.6. The van der Waals surface area contributed by atoms with Crippen LogP contribution in [0.25, 0.3) is 16.8 Å². The topological polar surface area (TPSA) is 30.2 Å². The van der Waals surface area contributed by atoms with E-state index < -0.39 is 0 Å². The van der Waals surface area contributed by atoms with Gasteiger partial charge in [-0.15, -0.1) is 0 Å². The Morgan fingerprint density at radius 1 is 1.00 bits per heavy atom. The van der Waals surface area contributed by atoms with Crippen molar-refractivity contribution < 1.29 is 4.39 Å². The highest BCUT2D eigenvalue weighted by atomic mass is 32.2. The summed E-state index contributed by atoms with van der Waals surface area (Å²) in [6.07, 6.45) is 3.58. The van der Waals surface area contributed by atoms with Gasteiger partial charge in [-0.3, -0.25) is 0 Å². The standard InChI is InChI=1S/C19H14FN3S/c20-16-8-6-15(7-9-16)17-12-18-19(21-10-11-23(18)22-17)24-13-14-4-2-1-3-5-14/h1-12H,13H2. The maximum atomic E-state index is 13.1. The molecule has 0 unspecified atom stereocenters. The molecule has 0 aliphatic rings. The van der Waals surface area contributed by atoms with Crippen molar-refractivity contribution in [1.82, 2.24) is 14.6 Å². The van der Waals surface area contributed by atoms with Crippen molar-refractivity contribution in [3.63, 3.8) is 0 Å². The van der Waals surface area contributed by atoms with Crippen molar-refractivity contribution in [2.75, 3.05) is 0 Å². The van der Waals surface area contributed by atoms with Gasteiger partial charge in [0.2, 0.25) is 0 Å². The normalized spacial score (nSPS) is 11.0. The summed E-state index contributed by atoms with van der Waals surface area (Å²) >= 11 is 1.68. The van der Waals surface area contributed by atoms with Crippen LogP contribution in [0.4, 0.5) is 4.39 Å². The zero-order chi connectivity index (χ0) is 16.4. The third-order valence-electron chi connectivity index (χ3n) is 3.71. The van der Waals surface area contributed by atoms with E-state index in [2.05, 4.69) is 22.2 Å². The van der Waals surface area contributed by atoms with Crippen LogP contribution in [-0.2, 0) is 5.75 Å². The predicted molar refractivity (Wildman–Crippen MR) is 94.4 cm³/mol. The van der Waals surface area contributed by atoms with E-state index in [1.807, 2.05) is 35.0 Å². The van der Waals surface area contributed by atoms with E-state index in [-0.39, 0.29) is 5.82 Å². The fourth-order valence-electron chi connectivity index (χ4n) is 2.50. The van der Waals surface area contributed by atoms with Gasteiger partial charge in [-0.1, -0.05) is 42.1 Å². The highest BCUT2D eigenvalue weighted by Crippen LogP contribution is 2.28. The Balaban J connectivity index is 1.66. The van der Waals surface area contributed by atoms with Gasteiger partial charge in [-0.2, -0.15) is 5.10 Å². The quantitative estimate of drug-likeness (QED) is 0.501. The number of nitrogens with zero attached hydrogens (tertiary/aromatic N) is 3. The lowest BCUT2D eigenvalue weighted by molar-refractivity contribution is 0.628. The van der Waals surface area contributed by atoms with Crippen molar-refractivity contribution in [2.24, 2.45) is 0 Å². The second-order valence-corrected chi connectivity index (χ2v) is 6.34. The van der Waals surface area contributed by atoms with Crippen molar-refractivity contribution in [2.45, 2.75) is 10.8 Å². The van der Waals surface area contributed by atoms with Crippen LogP contribution in [0.1, 0.15) is 5.56 Å². The van der Waals surface area contributed by atoms with Crippen molar-refractivity contribution in [3.05, 3.63) is 84.4 Å². The van der Waals surface area contributed by atoms with E-state index in [0.717, 1.165) is 27.6 Å². The summed E-state index contributed by atoms with van der Waals surface area (Å²) in [6, 6.07) is 18.7. The van der Waals surface area contributed by atoms with Gasteiger partial charge in [0, 0.05) is 23.7 Å². The molecule has 2 aromatic heterocycles. The van der Waals surface area contributed by atoms with Gasteiger partial charge in [0.15, 0.2) is 0 Å². The van der Waals surface area contributed by atoms with E-state index >= 15 is 0 Å². The van der Waals surface area contributed by atoms with Crippen molar-refractivity contribution in [3.8, 4) is 11.3 Å². The third-order valence-corrected chi connectivity index (χ3v) is 4.78. The number of rotatable bonds is 4. The molecule has 4 aromatic rings. The van der Waals surface area contributed by atoms with Crippen LogP contribution in [0.15, 0.2) is 78.1 Å². The largest absolute Gasteiger partial charge is 0.246 e. The van der Waals surface area contributed by atoms with Crippen molar-refractivity contribution in [1.29, 1.82) is 0 Å². The SMILES string of the molecule is Fc1ccc(-c2cc3c(SCc4ccccc4)nccn3n2)cc1. The molecule has 3 nitrogen and oxygen atoms in total. The summed E-state index contributed by atoms with van der Waals surface area (Å²) in [5, 5.41) is 5.50. The average Bonchev–Trinajstić information content (AvgIpc) is 3.06. The summed E-state index contributed by atoms with van der Waals surface area (Å²) in [5.74, 6) is 0.605. The Bertz CT molecular complexity index is 965. The summed E-state index contributed by atoms with van der Waals surface area (Å²) in [6.45, 7) is 0. The minimum atomic E-state index is -0.247. The second-order valence-electron chi connectivity index (χ2n) is 5.37. The van der Waals surface area contributed by atoms with Gasteiger partial charge in [0.1, 0.15) is 10.8 Å². The lowest BCUT2D eigenvalue weighted by Gasteiger charge is -2.02. The van der Waals surface area contributed by atoms with Gasteiger partial charge >= 0.3 is 0 Å². The maximum Gasteiger partial charge on any atom is 0.123 e. The number of aromatic nitrogens is 3. The summed E-state index contributed by atoms with van der Waals surface area (Å²) in [4.78, 5) is 4.49. The van der Waals surface area contributed by atoms with Crippen LogP contribution in [0.2, 0.25) is 0 Å². The minimum absolute atomic E-state index is 0.247. The van der Waals surface area contributed by atoms with Crippen LogP contribution in [0.5, 0.6) is 0 Å². The van der Waals surface area contributed by atoms with Crippen LogP contribution in [0.3, 0.4) is 0 Å². The zero-order valence-electron chi connectivity index (χ0n) is 12.8. The molecule has 0 aliphatic heterocycles. The molecule has 0 bridgehead atoms. The van der Waals surface area contributed by atoms with Crippen LogP contribution < -0.4 is 0 Å². The first-order chi connectivity index (χ1) is 11.8. The molecule has 2 heterocycles. The highest BCUT2D eigenvalue weighted by Gasteiger charge is 2.10. The lowest BCUT2D eigenvalue weighted by atomic mass is 10.1. The summed E-state index contributed by atoms with van der Waals surface area (Å²) in [5.41, 5.74) is 3.91. The first-order valence-electron chi connectivity index (χ1n) is 7.57. The molecule has 0 radical (unpaired) electrons. The number of hydrogen-bond donors (Lipinski definition) is 0. The number of fused-ring (bicyclic) bond motifs is 1. The van der Waals surface area contributed by atoms with E-state index in [9.17, 15) is 4.39 Å². The Labute approximate surface area is 143 Å². The Hall–Kier alpha value is -2.66. The smallest absolute Gasteiger partial charge is 0.123 e. The molecule has 0 atom stereocenters. The summed E-state index contributed by atoms with van der Waals surface area (Å²) < 4.78 is 14.9. The lowest BCUT2D eigenvalue weighted by Crippen LogP contribution is -1.91. The highest BCUT2D eigenvalue weighted by molar-refractivity contribution is 7.98. The first-order valence-corrected chi connectivity index (χ1v) is 8.55. The van der Waals surface area contributed by atoms with E-state index in [1.165, 1.54) is 17.7 Å². The van der Waals surface area contributed by atoms with Crippen LogP contribution >= 0.6 is 11.8 Å². The van der Waals surface area contributed by atoms with Gasteiger partial charge in [0.25, 0.3) is 0 Å². The molecule has 24 heavy (non-hydrogen) atoms. The fourth-order valence-corrected chi connectivity index (χ4v) is 3.43. The van der Waals surface area contributed by atoms with E-state index in [0.29, 0.717) is 0 Å². The molecule has 2 aromatic carbocycles. The maximum absolute atomic E-state index is 13.1. The number of hydrogen-bond acceptors (Lipinski definition) is 3. The van der Waals surface area contributed by atoms with Crippen LogP contribution in [-0.4, -0.2) is 14.6 Å². The molecule has 0 aliphatic carbocycles. The molecule has 0 spiro atoms. The number of thioether (sulfide) groups is 1. The van der Waals surface area contributed by atoms with E-state index in [4.69, 9.17) is 0 Å². The Morgan fingerprint density at radius 3 is 2.58 bits per heavy atom. The average molecular weight is 335 g/mol. The second kappa shape index (κ2) is 6.45. The summed E-state index contributed by atoms with van der Waals surface area (Å²) in [7, 11) is 0. The van der Waals surface area contributed by atoms with Gasteiger partial charge in [-0.05, 0) is 35.9 Å². The Kier molecular flexibility index (Phi) is 4.01. The molecule has 0 fully saturated rings. The monoisotopic (exact) mass is 335 g/mol. The molecular formula is C19H14FN3S. The number of halogens is 1. The van der Waals surface area contributed by atoms with Gasteiger partial charge in [-0.25, -0.2) is 13.9 Å². The van der Waals surface area contributed by atoms with Crippen molar-refractivity contribution >= 4 is 17.3 Å². The van der Waals surface area contributed by atoms with Gasteiger partial charge in [0.05, 0.1) is 11.2 Å². The molecule has 118 valence electrons. The minimum Gasteiger partial charge on any atom is -0.246 e. The molecule has 0 saturated carbocycles. The van der Waals surface area contributed by atoms with E-state index in [1.54, 1.807) is 30.1 Å². The van der Waals surface area contributed by atoms with Crippen LogP contribution in [0, 0.1) is 5.82 Å².